The maximum absolute atomic E-state index is 12.5. The fourth-order valence-corrected chi connectivity index (χ4v) is 4.05. The molecule has 0 saturated carbocycles. The first-order valence-corrected chi connectivity index (χ1v) is 8.23. The second kappa shape index (κ2) is 6.24. The SMILES string of the molecule is COCCN1CC[C@H]2CN(Cc3ccsc3)C[C@@H]2C1=O. The largest absolute Gasteiger partial charge is 0.383 e. The van der Waals surface area contributed by atoms with E-state index in [2.05, 4.69) is 21.7 Å². The number of carbonyl (C=O) groups is 1. The normalized spacial score (nSPS) is 27.1. The van der Waals surface area contributed by atoms with E-state index in [0.717, 1.165) is 39.1 Å². The first-order chi connectivity index (χ1) is 9.78. The molecule has 3 rings (SSSR count). The van der Waals surface area contributed by atoms with Crippen molar-refractivity contribution in [1.82, 2.24) is 9.80 Å². The van der Waals surface area contributed by atoms with Gasteiger partial charge >= 0.3 is 0 Å². The molecule has 0 aromatic carbocycles. The van der Waals surface area contributed by atoms with Crippen molar-refractivity contribution in [2.45, 2.75) is 13.0 Å². The predicted molar refractivity (Wildman–Crippen MR) is 79.6 cm³/mol. The summed E-state index contributed by atoms with van der Waals surface area (Å²) in [6.45, 7) is 5.26. The molecule has 2 saturated heterocycles. The number of amides is 1. The van der Waals surface area contributed by atoms with E-state index in [0.29, 0.717) is 18.4 Å². The van der Waals surface area contributed by atoms with Gasteiger partial charge in [-0.2, -0.15) is 11.3 Å². The average molecular weight is 294 g/mol. The van der Waals surface area contributed by atoms with E-state index in [-0.39, 0.29) is 5.92 Å². The molecule has 0 aliphatic carbocycles. The Hall–Kier alpha value is -0.910. The summed E-state index contributed by atoms with van der Waals surface area (Å²) >= 11 is 1.74. The second-order valence-corrected chi connectivity index (χ2v) is 6.58. The van der Waals surface area contributed by atoms with E-state index in [1.165, 1.54) is 5.56 Å². The molecule has 0 spiro atoms. The van der Waals surface area contributed by atoms with Crippen LogP contribution in [-0.4, -0.2) is 55.6 Å². The summed E-state index contributed by atoms with van der Waals surface area (Å²) in [5.74, 6) is 1.10. The highest BCUT2D eigenvalue weighted by molar-refractivity contribution is 7.07. The lowest BCUT2D eigenvalue weighted by Gasteiger charge is -2.33. The van der Waals surface area contributed by atoms with E-state index in [1.807, 2.05) is 4.90 Å². The summed E-state index contributed by atoms with van der Waals surface area (Å²) < 4.78 is 5.09. The van der Waals surface area contributed by atoms with Crippen LogP contribution in [0.25, 0.3) is 0 Å². The van der Waals surface area contributed by atoms with Gasteiger partial charge in [-0.05, 0) is 34.7 Å². The van der Waals surface area contributed by atoms with Gasteiger partial charge in [-0.1, -0.05) is 0 Å². The zero-order valence-corrected chi connectivity index (χ0v) is 12.8. The lowest BCUT2D eigenvalue weighted by molar-refractivity contribution is -0.140. The lowest BCUT2D eigenvalue weighted by atomic mass is 9.88. The quantitative estimate of drug-likeness (QED) is 0.828. The van der Waals surface area contributed by atoms with Gasteiger partial charge < -0.3 is 9.64 Å². The van der Waals surface area contributed by atoms with Crippen LogP contribution in [0.5, 0.6) is 0 Å². The van der Waals surface area contributed by atoms with E-state index < -0.39 is 0 Å². The minimum atomic E-state index is 0.208. The smallest absolute Gasteiger partial charge is 0.227 e. The molecular formula is C15H22N2O2S. The van der Waals surface area contributed by atoms with Gasteiger partial charge in [0, 0.05) is 39.8 Å². The third kappa shape index (κ3) is 2.90. The molecule has 110 valence electrons. The summed E-state index contributed by atoms with van der Waals surface area (Å²) in [4.78, 5) is 16.9. The minimum absolute atomic E-state index is 0.208. The van der Waals surface area contributed by atoms with Crippen molar-refractivity contribution >= 4 is 17.2 Å². The lowest BCUT2D eigenvalue weighted by Crippen LogP contribution is -2.46. The van der Waals surface area contributed by atoms with Gasteiger partial charge in [0.1, 0.15) is 0 Å². The Morgan fingerprint density at radius 2 is 2.35 bits per heavy atom. The van der Waals surface area contributed by atoms with E-state index in [1.54, 1.807) is 18.4 Å². The molecule has 20 heavy (non-hydrogen) atoms. The van der Waals surface area contributed by atoms with Gasteiger partial charge in [-0.3, -0.25) is 9.69 Å². The molecule has 0 radical (unpaired) electrons. The number of carbonyl (C=O) groups excluding carboxylic acids is 1. The number of likely N-dealkylation sites (tertiary alicyclic amines) is 2. The zero-order chi connectivity index (χ0) is 13.9. The van der Waals surface area contributed by atoms with Crippen LogP contribution in [0, 0.1) is 11.8 Å². The summed E-state index contributed by atoms with van der Waals surface area (Å²) in [6, 6.07) is 2.18. The fourth-order valence-electron chi connectivity index (χ4n) is 3.39. The van der Waals surface area contributed by atoms with Gasteiger partial charge in [0.05, 0.1) is 12.5 Å². The summed E-state index contributed by atoms with van der Waals surface area (Å²) in [6.07, 6.45) is 1.14. The Balaban J connectivity index is 1.58. The van der Waals surface area contributed by atoms with Crippen LogP contribution in [0.1, 0.15) is 12.0 Å². The maximum atomic E-state index is 12.5. The summed E-state index contributed by atoms with van der Waals surface area (Å²) in [5, 5.41) is 4.32. The Morgan fingerprint density at radius 1 is 1.45 bits per heavy atom. The van der Waals surface area contributed by atoms with Crippen molar-refractivity contribution in [3.8, 4) is 0 Å². The van der Waals surface area contributed by atoms with Crippen molar-refractivity contribution in [3.05, 3.63) is 22.4 Å². The zero-order valence-electron chi connectivity index (χ0n) is 12.0. The first kappa shape index (κ1) is 14.0. The van der Waals surface area contributed by atoms with Crippen LogP contribution in [0.2, 0.25) is 0 Å². The molecular weight excluding hydrogens is 272 g/mol. The Bertz CT molecular complexity index is 449. The van der Waals surface area contributed by atoms with Crippen LogP contribution in [0.15, 0.2) is 16.8 Å². The number of rotatable bonds is 5. The molecule has 0 bridgehead atoms. The van der Waals surface area contributed by atoms with Crippen molar-refractivity contribution in [3.63, 3.8) is 0 Å². The third-order valence-corrected chi connectivity index (χ3v) is 5.20. The number of piperidine rings is 1. The second-order valence-electron chi connectivity index (χ2n) is 5.80. The Kier molecular flexibility index (Phi) is 4.38. The number of nitrogens with zero attached hydrogens (tertiary/aromatic N) is 2. The monoisotopic (exact) mass is 294 g/mol. The molecule has 1 amide bonds. The van der Waals surface area contributed by atoms with Crippen LogP contribution in [0.4, 0.5) is 0 Å². The first-order valence-electron chi connectivity index (χ1n) is 7.29. The maximum Gasteiger partial charge on any atom is 0.227 e. The molecule has 3 heterocycles. The molecule has 2 atom stereocenters. The highest BCUT2D eigenvalue weighted by atomic mass is 32.1. The molecule has 2 aliphatic heterocycles. The fraction of sp³-hybridized carbons (Fsp3) is 0.667. The topological polar surface area (TPSA) is 32.8 Å². The molecule has 4 nitrogen and oxygen atoms in total. The highest BCUT2D eigenvalue weighted by Gasteiger charge is 2.42. The van der Waals surface area contributed by atoms with Crippen molar-refractivity contribution in [2.24, 2.45) is 11.8 Å². The Labute approximate surface area is 124 Å². The average Bonchev–Trinajstić information content (AvgIpc) is 3.08. The molecule has 0 N–H and O–H groups in total. The number of hydrogen-bond donors (Lipinski definition) is 0. The number of ether oxygens (including phenoxy) is 1. The van der Waals surface area contributed by atoms with Gasteiger partial charge in [-0.25, -0.2) is 0 Å². The molecule has 2 fully saturated rings. The van der Waals surface area contributed by atoms with Crippen LogP contribution < -0.4 is 0 Å². The van der Waals surface area contributed by atoms with Crippen molar-refractivity contribution in [2.75, 3.05) is 39.9 Å². The highest BCUT2D eigenvalue weighted by Crippen LogP contribution is 2.32. The van der Waals surface area contributed by atoms with Gasteiger partial charge in [0.25, 0.3) is 0 Å². The van der Waals surface area contributed by atoms with Crippen LogP contribution >= 0.6 is 11.3 Å². The number of methoxy groups -OCH3 is 1. The molecule has 0 unspecified atom stereocenters. The van der Waals surface area contributed by atoms with Crippen molar-refractivity contribution in [1.29, 1.82) is 0 Å². The molecule has 1 aromatic rings. The van der Waals surface area contributed by atoms with Gasteiger partial charge in [0.15, 0.2) is 0 Å². The Morgan fingerprint density at radius 3 is 3.10 bits per heavy atom. The summed E-state index contributed by atoms with van der Waals surface area (Å²) in [5.41, 5.74) is 1.37. The molecule has 5 heteroatoms. The predicted octanol–water partition coefficient (Wildman–Crippen LogP) is 1.67. The van der Waals surface area contributed by atoms with E-state index in [9.17, 15) is 4.79 Å². The standard InChI is InChI=1S/C15H22N2O2S/c1-19-6-5-17-4-2-13-9-16(10-14(13)15(17)18)8-12-3-7-20-11-12/h3,7,11,13-14H,2,4-6,8-10H2,1H3/t13-,14-/m0/s1. The van der Waals surface area contributed by atoms with Crippen LogP contribution in [0.3, 0.4) is 0 Å². The van der Waals surface area contributed by atoms with Crippen molar-refractivity contribution < 1.29 is 9.53 Å². The third-order valence-electron chi connectivity index (χ3n) is 4.47. The summed E-state index contributed by atoms with van der Waals surface area (Å²) in [7, 11) is 1.69. The van der Waals surface area contributed by atoms with Gasteiger partial charge in [-0.15, -0.1) is 0 Å². The minimum Gasteiger partial charge on any atom is -0.383 e. The molecule has 2 aliphatic rings. The number of thiophene rings is 1. The number of fused-ring (bicyclic) bond motifs is 1. The van der Waals surface area contributed by atoms with E-state index >= 15 is 0 Å². The molecule has 1 aromatic heterocycles. The van der Waals surface area contributed by atoms with Gasteiger partial charge in [0.2, 0.25) is 5.91 Å². The van der Waals surface area contributed by atoms with Crippen LogP contribution in [-0.2, 0) is 16.1 Å². The van der Waals surface area contributed by atoms with E-state index in [4.69, 9.17) is 4.74 Å². The number of hydrogen-bond acceptors (Lipinski definition) is 4.